The van der Waals surface area contributed by atoms with Gasteiger partial charge >= 0.3 is 6.36 Å². The van der Waals surface area contributed by atoms with Crippen LogP contribution < -0.4 is 19.7 Å². The van der Waals surface area contributed by atoms with E-state index >= 15 is 0 Å². The largest absolute Gasteiger partial charge is 0.573 e. The van der Waals surface area contributed by atoms with Crippen LogP contribution in [0.3, 0.4) is 0 Å². The molecule has 39 heavy (non-hydrogen) atoms. The number of hydrogen-bond donors (Lipinski definition) is 2. The molecule has 3 aromatic carbocycles. The van der Waals surface area contributed by atoms with Crippen molar-refractivity contribution in [1.29, 1.82) is 0 Å². The van der Waals surface area contributed by atoms with Crippen LogP contribution in [0.4, 0.5) is 18.9 Å². The molecular formula is C29H31F3N4O3. The maximum Gasteiger partial charge on any atom is 0.573 e. The molecule has 0 aliphatic carbocycles. The zero-order chi connectivity index (χ0) is 27.7. The van der Waals surface area contributed by atoms with Crippen LogP contribution in [0.1, 0.15) is 17.0 Å². The Morgan fingerprint density at radius 3 is 2.51 bits per heavy atom. The number of hydrogen-bond acceptors (Lipinski definition) is 6. The first kappa shape index (κ1) is 28.0. The first-order chi connectivity index (χ1) is 18.7. The highest BCUT2D eigenvalue weighted by Crippen LogP contribution is 2.23. The van der Waals surface area contributed by atoms with E-state index in [0.717, 1.165) is 28.1 Å². The number of alkyl halides is 3. The highest BCUT2D eigenvalue weighted by Gasteiger charge is 2.31. The summed E-state index contributed by atoms with van der Waals surface area (Å²) >= 11 is 0. The average Bonchev–Trinajstić information content (AvgIpc) is 3.31. The SMILES string of the molecule is CN(C)c1ccc(/C=C/c2nc3ccc(OCCOCCNCc4cccc(OC(F)(F)F)c4)cc3[nH]2)cc1. The molecule has 0 aliphatic heterocycles. The summed E-state index contributed by atoms with van der Waals surface area (Å²) in [6, 6.07) is 19.8. The van der Waals surface area contributed by atoms with Gasteiger partial charge in [0.1, 0.15) is 23.9 Å². The molecule has 0 amide bonds. The lowest BCUT2D eigenvalue weighted by molar-refractivity contribution is -0.274. The number of imidazole rings is 1. The van der Waals surface area contributed by atoms with Gasteiger partial charge in [0, 0.05) is 38.9 Å². The fourth-order valence-electron chi connectivity index (χ4n) is 3.79. The van der Waals surface area contributed by atoms with Crippen LogP contribution in [-0.4, -0.2) is 56.8 Å². The van der Waals surface area contributed by atoms with Crippen molar-refractivity contribution in [3.63, 3.8) is 0 Å². The van der Waals surface area contributed by atoms with E-state index in [2.05, 4.69) is 49.2 Å². The van der Waals surface area contributed by atoms with E-state index in [1.54, 1.807) is 6.07 Å². The first-order valence-corrected chi connectivity index (χ1v) is 12.5. The zero-order valence-corrected chi connectivity index (χ0v) is 21.8. The van der Waals surface area contributed by atoms with Crippen LogP contribution in [0.15, 0.2) is 66.7 Å². The summed E-state index contributed by atoms with van der Waals surface area (Å²) in [5.74, 6) is 1.24. The van der Waals surface area contributed by atoms with E-state index in [-0.39, 0.29) is 5.75 Å². The van der Waals surface area contributed by atoms with Gasteiger partial charge in [-0.05, 0) is 53.6 Å². The van der Waals surface area contributed by atoms with E-state index in [4.69, 9.17) is 9.47 Å². The second kappa shape index (κ2) is 13.2. The van der Waals surface area contributed by atoms with E-state index in [0.29, 0.717) is 44.2 Å². The molecule has 10 heteroatoms. The molecule has 0 unspecified atom stereocenters. The van der Waals surface area contributed by atoms with Gasteiger partial charge in [-0.25, -0.2) is 4.98 Å². The van der Waals surface area contributed by atoms with E-state index < -0.39 is 6.36 Å². The number of H-pyrrole nitrogens is 1. The molecule has 1 aromatic heterocycles. The number of benzene rings is 3. The van der Waals surface area contributed by atoms with Gasteiger partial charge in [0.2, 0.25) is 0 Å². The third-order valence-electron chi connectivity index (χ3n) is 5.70. The maximum absolute atomic E-state index is 12.3. The Balaban J connectivity index is 1.15. The summed E-state index contributed by atoms with van der Waals surface area (Å²) in [6.45, 7) is 2.17. The Morgan fingerprint density at radius 1 is 0.923 bits per heavy atom. The summed E-state index contributed by atoms with van der Waals surface area (Å²) in [7, 11) is 4.02. The molecule has 0 aliphatic rings. The minimum absolute atomic E-state index is 0.234. The van der Waals surface area contributed by atoms with Gasteiger partial charge in [-0.2, -0.15) is 0 Å². The molecule has 0 fully saturated rings. The van der Waals surface area contributed by atoms with Gasteiger partial charge in [-0.3, -0.25) is 0 Å². The zero-order valence-electron chi connectivity index (χ0n) is 21.8. The highest BCUT2D eigenvalue weighted by atomic mass is 19.4. The molecule has 4 rings (SSSR count). The number of aromatic amines is 1. The normalized spacial score (nSPS) is 11.8. The summed E-state index contributed by atoms with van der Waals surface area (Å²) in [5, 5.41) is 3.13. The van der Waals surface area contributed by atoms with Crippen LogP contribution in [0.25, 0.3) is 23.2 Å². The van der Waals surface area contributed by atoms with Gasteiger partial charge < -0.3 is 29.4 Å². The smallest absolute Gasteiger partial charge is 0.491 e. The number of aromatic nitrogens is 2. The molecular weight excluding hydrogens is 509 g/mol. The molecule has 7 nitrogen and oxygen atoms in total. The van der Waals surface area contributed by atoms with Crippen LogP contribution in [-0.2, 0) is 11.3 Å². The van der Waals surface area contributed by atoms with Crippen molar-refractivity contribution in [3.05, 3.63) is 83.7 Å². The number of ether oxygens (including phenoxy) is 3. The molecule has 1 heterocycles. The predicted molar refractivity (Wildman–Crippen MR) is 147 cm³/mol. The van der Waals surface area contributed by atoms with Crippen molar-refractivity contribution in [2.24, 2.45) is 0 Å². The minimum atomic E-state index is -4.70. The summed E-state index contributed by atoms with van der Waals surface area (Å²) in [4.78, 5) is 9.96. The van der Waals surface area contributed by atoms with Gasteiger partial charge in [0.05, 0.1) is 24.2 Å². The van der Waals surface area contributed by atoms with Crippen molar-refractivity contribution in [3.8, 4) is 11.5 Å². The fraction of sp³-hybridized carbons (Fsp3) is 0.276. The molecule has 4 aromatic rings. The number of anilines is 1. The Bertz CT molecular complexity index is 1370. The van der Waals surface area contributed by atoms with Crippen LogP contribution >= 0.6 is 0 Å². The van der Waals surface area contributed by atoms with Crippen molar-refractivity contribution in [1.82, 2.24) is 15.3 Å². The average molecular weight is 541 g/mol. The molecule has 0 atom stereocenters. The van der Waals surface area contributed by atoms with Crippen molar-refractivity contribution >= 4 is 28.9 Å². The molecule has 2 N–H and O–H groups in total. The van der Waals surface area contributed by atoms with Crippen molar-refractivity contribution in [2.45, 2.75) is 12.9 Å². The standard InChI is InChI=1S/C29H31F3N4O3/c1-36(2)23-9-6-21(7-10-23)8-13-28-34-26-12-11-24(19-27(26)35-28)38-17-16-37-15-14-33-20-22-4-3-5-25(18-22)39-29(30,31)32/h3-13,18-19,33H,14-17,20H2,1-2H3,(H,34,35)/b13-8+. The Hall–Kier alpha value is -4.02. The Kier molecular flexibility index (Phi) is 9.45. The van der Waals surface area contributed by atoms with Gasteiger partial charge in [-0.1, -0.05) is 30.3 Å². The van der Waals surface area contributed by atoms with Crippen LogP contribution in [0.2, 0.25) is 0 Å². The molecule has 0 radical (unpaired) electrons. The highest BCUT2D eigenvalue weighted by molar-refractivity contribution is 5.80. The number of nitrogens with one attached hydrogen (secondary N) is 2. The second-order valence-electron chi connectivity index (χ2n) is 8.95. The second-order valence-corrected chi connectivity index (χ2v) is 8.95. The lowest BCUT2D eigenvalue weighted by Gasteiger charge is -2.11. The predicted octanol–water partition coefficient (Wildman–Crippen LogP) is 5.88. The van der Waals surface area contributed by atoms with Crippen LogP contribution in [0, 0.1) is 0 Å². The topological polar surface area (TPSA) is 71.6 Å². The van der Waals surface area contributed by atoms with E-state index in [1.807, 2.05) is 44.4 Å². The fourth-order valence-corrected chi connectivity index (χ4v) is 3.79. The van der Waals surface area contributed by atoms with E-state index in [1.165, 1.54) is 18.2 Å². The summed E-state index contributed by atoms with van der Waals surface area (Å²) < 4.78 is 52.3. The summed E-state index contributed by atoms with van der Waals surface area (Å²) in [5.41, 5.74) is 4.65. The lowest BCUT2D eigenvalue weighted by Crippen LogP contribution is -2.21. The van der Waals surface area contributed by atoms with E-state index in [9.17, 15) is 13.2 Å². The van der Waals surface area contributed by atoms with Gasteiger partial charge in [-0.15, -0.1) is 13.2 Å². The van der Waals surface area contributed by atoms with Crippen LogP contribution in [0.5, 0.6) is 11.5 Å². The first-order valence-electron chi connectivity index (χ1n) is 12.5. The number of nitrogens with zero attached hydrogens (tertiary/aromatic N) is 2. The molecule has 0 saturated carbocycles. The number of rotatable bonds is 13. The molecule has 0 spiro atoms. The van der Waals surface area contributed by atoms with Crippen molar-refractivity contribution in [2.75, 3.05) is 45.4 Å². The lowest BCUT2D eigenvalue weighted by atomic mass is 10.2. The summed E-state index contributed by atoms with van der Waals surface area (Å²) in [6.07, 6.45) is -0.744. The molecule has 0 saturated heterocycles. The van der Waals surface area contributed by atoms with Crippen molar-refractivity contribution < 1.29 is 27.4 Å². The van der Waals surface area contributed by atoms with Gasteiger partial charge in [0.15, 0.2) is 0 Å². The third kappa shape index (κ3) is 9.05. The number of fused-ring (bicyclic) bond motifs is 1. The molecule has 206 valence electrons. The Labute approximate surface area is 225 Å². The molecule has 0 bridgehead atoms. The minimum Gasteiger partial charge on any atom is -0.491 e. The third-order valence-corrected chi connectivity index (χ3v) is 5.70. The maximum atomic E-state index is 12.3. The quantitative estimate of drug-likeness (QED) is 0.206. The monoisotopic (exact) mass is 540 g/mol. The Morgan fingerprint density at radius 2 is 1.74 bits per heavy atom. The number of halogens is 3. The van der Waals surface area contributed by atoms with Gasteiger partial charge in [0.25, 0.3) is 0 Å².